The molecule has 0 spiro atoms. The molecule has 0 radical (unpaired) electrons. The Kier molecular flexibility index (Phi) is 3.18. The number of nitrogens with one attached hydrogen (secondary N) is 1. The fourth-order valence-electron chi connectivity index (χ4n) is 1.60. The zero-order valence-corrected chi connectivity index (χ0v) is 10.2. The standard InChI is InChI=1S/C12H14N4O2/c1-16-10(7-11(13)15-16)12(17)14-8-4-3-5-9(6-8)18-2/h3-7H,1-2H3,(H2,13,15)(H,14,17). The third kappa shape index (κ3) is 2.42. The number of nitrogen functional groups attached to an aromatic ring is 1. The van der Waals surface area contributed by atoms with Crippen LogP contribution in [-0.2, 0) is 7.05 Å². The Morgan fingerprint density at radius 2 is 2.22 bits per heavy atom. The van der Waals surface area contributed by atoms with Crippen LogP contribution in [0.15, 0.2) is 30.3 Å². The normalized spacial score (nSPS) is 10.1. The van der Waals surface area contributed by atoms with Crippen molar-refractivity contribution in [2.75, 3.05) is 18.2 Å². The average molecular weight is 246 g/mol. The second-order valence-corrected chi connectivity index (χ2v) is 3.76. The maximum absolute atomic E-state index is 12.0. The number of rotatable bonds is 3. The van der Waals surface area contributed by atoms with Gasteiger partial charge in [0.15, 0.2) is 0 Å². The van der Waals surface area contributed by atoms with Crippen LogP contribution in [0.25, 0.3) is 0 Å². The number of amides is 1. The lowest BCUT2D eigenvalue weighted by atomic mass is 10.3. The number of carbonyl (C=O) groups excluding carboxylic acids is 1. The molecule has 0 fully saturated rings. The van der Waals surface area contributed by atoms with Crippen molar-refractivity contribution in [1.29, 1.82) is 0 Å². The van der Waals surface area contributed by atoms with Crippen LogP contribution in [0, 0.1) is 0 Å². The van der Waals surface area contributed by atoms with Gasteiger partial charge in [-0.05, 0) is 12.1 Å². The second kappa shape index (κ2) is 4.79. The molecule has 6 heteroatoms. The highest BCUT2D eigenvalue weighted by molar-refractivity contribution is 6.03. The van der Waals surface area contributed by atoms with Crippen molar-refractivity contribution in [2.45, 2.75) is 0 Å². The molecule has 1 amide bonds. The first-order chi connectivity index (χ1) is 8.60. The van der Waals surface area contributed by atoms with Crippen LogP contribution in [0.5, 0.6) is 5.75 Å². The Bertz CT molecular complexity index is 577. The lowest BCUT2D eigenvalue weighted by Gasteiger charge is -2.06. The number of aromatic nitrogens is 2. The molecule has 1 aromatic carbocycles. The highest BCUT2D eigenvalue weighted by Crippen LogP contribution is 2.17. The molecule has 0 unspecified atom stereocenters. The topological polar surface area (TPSA) is 82.2 Å². The molecule has 0 saturated heterocycles. The SMILES string of the molecule is COc1cccc(NC(=O)c2cc(N)nn2C)c1. The minimum absolute atomic E-state index is 0.269. The number of methoxy groups -OCH3 is 1. The molecule has 1 aromatic heterocycles. The van der Waals surface area contributed by atoms with E-state index in [2.05, 4.69) is 10.4 Å². The monoisotopic (exact) mass is 246 g/mol. The minimum atomic E-state index is -0.269. The van der Waals surface area contributed by atoms with E-state index in [9.17, 15) is 4.79 Å². The highest BCUT2D eigenvalue weighted by Gasteiger charge is 2.12. The van der Waals surface area contributed by atoms with Crippen LogP contribution in [-0.4, -0.2) is 22.8 Å². The summed E-state index contributed by atoms with van der Waals surface area (Å²) in [6, 6.07) is 8.64. The molecule has 2 aromatic rings. The first-order valence-corrected chi connectivity index (χ1v) is 5.35. The van der Waals surface area contributed by atoms with E-state index in [0.717, 1.165) is 0 Å². The van der Waals surface area contributed by atoms with Gasteiger partial charge in [0.05, 0.1) is 7.11 Å². The van der Waals surface area contributed by atoms with Crippen LogP contribution >= 0.6 is 0 Å². The number of ether oxygens (including phenoxy) is 1. The van der Waals surface area contributed by atoms with E-state index in [1.165, 1.54) is 10.7 Å². The van der Waals surface area contributed by atoms with Crippen LogP contribution < -0.4 is 15.8 Å². The first-order valence-electron chi connectivity index (χ1n) is 5.35. The summed E-state index contributed by atoms with van der Waals surface area (Å²) < 4.78 is 6.52. The Labute approximate surface area is 104 Å². The third-order valence-electron chi connectivity index (χ3n) is 2.46. The Morgan fingerprint density at radius 1 is 1.44 bits per heavy atom. The molecule has 2 rings (SSSR count). The van der Waals surface area contributed by atoms with Crippen molar-refractivity contribution in [1.82, 2.24) is 9.78 Å². The van der Waals surface area contributed by atoms with Crippen molar-refractivity contribution in [2.24, 2.45) is 7.05 Å². The maximum Gasteiger partial charge on any atom is 0.274 e. The van der Waals surface area contributed by atoms with E-state index in [1.807, 2.05) is 0 Å². The smallest absolute Gasteiger partial charge is 0.274 e. The molecule has 6 nitrogen and oxygen atoms in total. The quantitative estimate of drug-likeness (QED) is 0.854. The Hall–Kier alpha value is -2.50. The predicted octanol–water partition coefficient (Wildman–Crippen LogP) is 1.26. The molecule has 0 aliphatic heterocycles. The van der Waals surface area contributed by atoms with Crippen molar-refractivity contribution in [3.05, 3.63) is 36.0 Å². The van der Waals surface area contributed by atoms with Crippen LogP contribution in [0.1, 0.15) is 10.5 Å². The van der Waals surface area contributed by atoms with Crippen LogP contribution in [0.3, 0.4) is 0 Å². The third-order valence-corrected chi connectivity index (χ3v) is 2.46. The summed E-state index contributed by atoms with van der Waals surface area (Å²) in [5, 5.41) is 6.67. The summed E-state index contributed by atoms with van der Waals surface area (Å²) in [4.78, 5) is 12.0. The van der Waals surface area contributed by atoms with Crippen molar-refractivity contribution in [3.8, 4) is 5.75 Å². The summed E-state index contributed by atoms with van der Waals surface area (Å²) in [6.45, 7) is 0. The van der Waals surface area contributed by atoms with Gasteiger partial charge in [-0.25, -0.2) is 0 Å². The Morgan fingerprint density at radius 3 is 2.83 bits per heavy atom. The largest absolute Gasteiger partial charge is 0.497 e. The zero-order chi connectivity index (χ0) is 13.1. The van der Waals surface area contributed by atoms with E-state index in [0.29, 0.717) is 22.9 Å². The summed E-state index contributed by atoms with van der Waals surface area (Å²) in [5.41, 5.74) is 6.57. The molecule has 94 valence electrons. The van der Waals surface area contributed by atoms with Crippen LogP contribution in [0.4, 0.5) is 11.5 Å². The van der Waals surface area contributed by atoms with Gasteiger partial charge in [0, 0.05) is 24.9 Å². The first kappa shape index (κ1) is 12.0. The molecule has 18 heavy (non-hydrogen) atoms. The summed E-state index contributed by atoms with van der Waals surface area (Å²) in [6.07, 6.45) is 0. The lowest BCUT2D eigenvalue weighted by Crippen LogP contribution is -2.16. The van der Waals surface area contributed by atoms with E-state index >= 15 is 0 Å². The van der Waals surface area contributed by atoms with Gasteiger partial charge in [-0.1, -0.05) is 6.07 Å². The van der Waals surface area contributed by atoms with E-state index in [-0.39, 0.29) is 5.91 Å². The second-order valence-electron chi connectivity index (χ2n) is 3.76. The van der Waals surface area contributed by atoms with Gasteiger partial charge in [0.25, 0.3) is 5.91 Å². The van der Waals surface area contributed by atoms with Gasteiger partial charge < -0.3 is 15.8 Å². The van der Waals surface area contributed by atoms with E-state index in [1.54, 1.807) is 38.4 Å². The average Bonchev–Trinajstić information content (AvgIpc) is 2.69. The summed E-state index contributed by atoms with van der Waals surface area (Å²) >= 11 is 0. The van der Waals surface area contributed by atoms with Gasteiger partial charge >= 0.3 is 0 Å². The number of anilines is 2. The number of hydrogen-bond donors (Lipinski definition) is 2. The van der Waals surface area contributed by atoms with E-state index < -0.39 is 0 Å². The fraction of sp³-hybridized carbons (Fsp3) is 0.167. The molecular weight excluding hydrogens is 232 g/mol. The van der Waals surface area contributed by atoms with Gasteiger partial charge in [-0.3, -0.25) is 9.48 Å². The highest BCUT2D eigenvalue weighted by atomic mass is 16.5. The fourth-order valence-corrected chi connectivity index (χ4v) is 1.60. The summed E-state index contributed by atoms with van der Waals surface area (Å²) in [7, 11) is 3.24. The van der Waals surface area contributed by atoms with Gasteiger partial charge in [-0.15, -0.1) is 0 Å². The molecule has 0 bridgehead atoms. The molecular formula is C12H14N4O2. The minimum Gasteiger partial charge on any atom is -0.497 e. The molecule has 0 aliphatic carbocycles. The number of nitrogens with two attached hydrogens (primary N) is 1. The van der Waals surface area contributed by atoms with E-state index in [4.69, 9.17) is 10.5 Å². The van der Waals surface area contributed by atoms with Gasteiger partial charge in [-0.2, -0.15) is 5.10 Å². The number of aryl methyl sites for hydroxylation is 1. The number of nitrogens with zero attached hydrogens (tertiary/aromatic N) is 2. The molecule has 1 heterocycles. The molecule has 0 saturated carbocycles. The number of benzene rings is 1. The van der Waals surface area contributed by atoms with Gasteiger partial charge in [0.2, 0.25) is 0 Å². The summed E-state index contributed by atoms with van der Waals surface area (Å²) in [5.74, 6) is 0.723. The molecule has 0 aliphatic rings. The van der Waals surface area contributed by atoms with Crippen molar-refractivity contribution >= 4 is 17.4 Å². The molecule has 3 N–H and O–H groups in total. The number of hydrogen-bond acceptors (Lipinski definition) is 4. The molecule has 0 atom stereocenters. The maximum atomic E-state index is 12.0. The number of carbonyl (C=O) groups is 1. The van der Waals surface area contributed by atoms with Gasteiger partial charge in [0.1, 0.15) is 17.3 Å². The zero-order valence-electron chi connectivity index (χ0n) is 10.2. The Balaban J connectivity index is 2.18. The lowest BCUT2D eigenvalue weighted by molar-refractivity contribution is 0.101. The predicted molar refractivity (Wildman–Crippen MR) is 68.6 cm³/mol. The van der Waals surface area contributed by atoms with Crippen LogP contribution in [0.2, 0.25) is 0 Å². The van der Waals surface area contributed by atoms with Crippen molar-refractivity contribution in [3.63, 3.8) is 0 Å². The van der Waals surface area contributed by atoms with Crippen molar-refractivity contribution < 1.29 is 9.53 Å².